The molecule has 0 fully saturated rings. The fraction of sp³-hybridized carbons (Fsp3) is 0.250. The average Bonchev–Trinajstić information content (AvgIpc) is 3.15. The summed E-state index contributed by atoms with van der Waals surface area (Å²) < 4.78 is 7.11. The minimum atomic E-state index is -0.222. The summed E-state index contributed by atoms with van der Waals surface area (Å²) >= 11 is 6.06. The summed E-state index contributed by atoms with van der Waals surface area (Å²) in [5, 5.41) is 8.26. The van der Waals surface area contributed by atoms with Crippen molar-refractivity contribution in [1.82, 2.24) is 14.7 Å². The van der Waals surface area contributed by atoms with Gasteiger partial charge in [-0.05, 0) is 32.3 Å². The Kier molecular flexibility index (Phi) is 4.36. The lowest BCUT2D eigenvalue weighted by atomic mass is 10.1. The van der Waals surface area contributed by atoms with Gasteiger partial charge in [-0.25, -0.2) is 0 Å². The molecule has 3 aromatic rings. The molecule has 0 spiro atoms. The highest BCUT2D eigenvalue weighted by Crippen LogP contribution is 2.28. The van der Waals surface area contributed by atoms with Gasteiger partial charge in [-0.2, -0.15) is 5.10 Å². The molecule has 23 heavy (non-hydrogen) atoms. The number of nitrogens with zero attached hydrogens (tertiary/aromatic N) is 3. The van der Waals surface area contributed by atoms with Gasteiger partial charge in [-0.1, -0.05) is 11.6 Å². The zero-order chi connectivity index (χ0) is 16.4. The van der Waals surface area contributed by atoms with Gasteiger partial charge in [0.2, 0.25) is 0 Å². The van der Waals surface area contributed by atoms with Crippen LogP contribution < -0.4 is 5.32 Å². The van der Waals surface area contributed by atoms with Crippen LogP contribution in [0.3, 0.4) is 0 Å². The molecule has 2 heterocycles. The highest BCUT2D eigenvalue weighted by atomic mass is 35.5. The molecule has 1 aromatic carbocycles. The summed E-state index contributed by atoms with van der Waals surface area (Å²) in [7, 11) is 4.01. The second kappa shape index (κ2) is 6.44. The number of amides is 1. The molecule has 0 unspecified atom stereocenters. The Labute approximate surface area is 138 Å². The first-order valence-corrected chi connectivity index (χ1v) is 7.56. The van der Waals surface area contributed by atoms with Crippen LogP contribution in [0.4, 0.5) is 5.69 Å². The van der Waals surface area contributed by atoms with Gasteiger partial charge in [-0.15, -0.1) is 0 Å². The van der Waals surface area contributed by atoms with E-state index in [0.717, 1.165) is 13.1 Å². The number of rotatable bonds is 5. The first kappa shape index (κ1) is 15.6. The number of furan rings is 1. The number of aromatic nitrogens is 2. The van der Waals surface area contributed by atoms with Crippen molar-refractivity contribution >= 4 is 34.2 Å². The summed E-state index contributed by atoms with van der Waals surface area (Å²) in [6, 6.07) is 5.07. The summed E-state index contributed by atoms with van der Waals surface area (Å²) in [5.41, 5.74) is 1.68. The fourth-order valence-electron chi connectivity index (χ4n) is 2.28. The van der Waals surface area contributed by atoms with Crippen molar-refractivity contribution in [2.75, 3.05) is 26.0 Å². The molecular weight excluding hydrogens is 316 g/mol. The van der Waals surface area contributed by atoms with E-state index < -0.39 is 0 Å². The first-order valence-electron chi connectivity index (χ1n) is 7.19. The Morgan fingerprint density at radius 3 is 3.00 bits per heavy atom. The lowest BCUT2D eigenvalue weighted by molar-refractivity contribution is 0.102. The standard InChI is InChI=1S/C16H17ClN4O2/c1-20(2)6-7-21-10-11(9-18-21)19-16(22)13-3-4-14(17)15-12(13)5-8-23-15/h3-5,8-10H,6-7H2,1-2H3,(H,19,22). The molecule has 120 valence electrons. The van der Waals surface area contributed by atoms with E-state index in [0.29, 0.717) is 27.2 Å². The monoisotopic (exact) mass is 332 g/mol. The smallest absolute Gasteiger partial charge is 0.256 e. The van der Waals surface area contributed by atoms with E-state index in [9.17, 15) is 4.79 Å². The van der Waals surface area contributed by atoms with E-state index in [1.54, 1.807) is 29.1 Å². The number of likely N-dealkylation sites (N-methyl/N-ethyl adjacent to an activating group) is 1. The zero-order valence-electron chi connectivity index (χ0n) is 12.9. The van der Waals surface area contributed by atoms with E-state index in [4.69, 9.17) is 16.0 Å². The molecule has 0 aliphatic heterocycles. The molecule has 0 saturated carbocycles. The first-order chi connectivity index (χ1) is 11.0. The Morgan fingerprint density at radius 2 is 2.22 bits per heavy atom. The van der Waals surface area contributed by atoms with Gasteiger partial charge in [0, 0.05) is 18.1 Å². The summed E-state index contributed by atoms with van der Waals surface area (Å²) in [4.78, 5) is 14.5. The molecular formula is C16H17ClN4O2. The van der Waals surface area contributed by atoms with Gasteiger partial charge in [-0.3, -0.25) is 9.48 Å². The second-order valence-electron chi connectivity index (χ2n) is 5.51. The van der Waals surface area contributed by atoms with Gasteiger partial charge in [0.05, 0.1) is 35.3 Å². The van der Waals surface area contributed by atoms with Gasteiger partial charge in [0.15, 0.2) is 5.58 Å². The highest BCUT2D eigenvalue weighted by molar-refractivity contribution is 6.35. The largest absolute Gasteiger partial charge is 0.463 e. The van der Waals surface area contributed by atoms with Crippen LogP contribution in [0.5, 0.6) is 0 Å². The Bertz CT molecular complexity index is 838. The van der Waals surface area contributed by atoms with Crippen molar-refractivity contribution < 1.29 is 9.21 Å². The van der Waals surface area contributed by atoms with Crippen molar-refractivity contribution in [3.63, 3.8) is 0 Å². The van der Waals surface area contributed by atoms with Crippen LogP contribution in [0.1, 0.15) is 10.4 Å². The molecule has 3 rings (SSSR count). The lowest BCUT2D eigenvalue weighted by Crippen LogP contribution is -2.18. The number of fused-ring (bicyclic) bond motifs is 1. The van der Waals surface area contributed by atoms with E-state index in [-0.39, 0.29) is 5.91 Å². The maximum absolute atomic E-state index is 12.5. The van der Waals surface area contributed by atoms with E-state index >= 15 is 0 Å². The van der Waals surface area contributed by atoms with E-state index in [1.807, 2.05) is 20.3 Å². The van der Waals surface area contributed by atoms with Gasteiger partial charge in [0.1, 0.15) is 0 Å². The molecule has 1 N–H and O–H groups in total. The minimum absolute atomic E-state index is 0.222. The number of hydrogen-bond acceptors (Lipinski definition) is 4. The van der Waals surface area contributed by atoms with E-state index in [2.05, 4.69) is 15.3 Å². The molecule has 0 aliphatic carbocycles. The van der Waals surface area contributed by atoms with Crippen molar-refractivity contribution in [3.8, 4) is 0 Å². The normalized spacial score (nSPS) is 11.3. The molecule has 0 aliphatic rings. The maximum atomic E-state index is 12.5. The van der Waals surface area contributed by atoms with Crippen LogP contribution in [0.25, 0.3) is 11.0 Å². The van der Waals surface area contributed by atoms with Crippen molar-refractivity contribution in [3.05, 3.63) is 47.4 Å². The number of benzene rings is 1. The van der Waals surface area contributed by atoms with Crippen LogP contribution in [0, 0.1) is 0 Å². The SMILES string of the molecule is CN(C)CCn1cc(NC(=O)c2ccc(Cl)c3occc23)cn1. The number of anilines is 1. The molecule has 0 saturated heterocycles. The molecule has 0 atom stereocenters. The Hall–Kier alpha value is -2.31. The predicted octanol–water partition coefficient (Wildman–Crippen LogP) is 3.10. The number of halogens is 1. The van der Waals surface area contributed by atoms with Gasteiger partial charge >= 0.3 is 0 Å². The van der Waals surface area contributed by atoms with Crippen molar-refractivity contribution in [2.45, 2.75) is 6.54 Å². The maximum Gasteiger partial charge on any atom is 0.256 e. The molecule has 0 bridgehead atoms. The second-order valence-corrected chi connectivity index (χ2v) is 5.92. The topological polar surface area (TPSA) is 63.3 Å². The number of carbonyl (C=O) groups excluding carboxylic acids is 1. The number of carbonyl (C=O) groups is 1. The third-order valence-corrected chi connectivity index (χ3v) is 3.78. The van der Waals surface area contributed by atoms with E-state index in [1.165, 1.54) is 6.26 Å². The fourth-order valence-corrected chi connectivity index (χ4v) is 2.49. The molecule has 2 aromatic heterocycles. The number of nitrogens with one attached hydrogen (secondary N) is 1. The predicted molar refractivity (Wildman–Crippen MR) is 90.0 cm³/mol. The summed E-state index contributed by atoms with van der Waals surface area (Å²) in [6.45, 7) is 1.64. The van der Waals surface area contributed by atoms with Gasteiger partial charge in [0.25, 0.3) is 5.91 Å². The molecule has 7 heteroatoms. The zero-order valence-corrected chi connectivity index (χ0v) is 13.7. The third kappa shape index (κ3) is 3.38. The van der Waals surface area contributed by atoms with Crippen molar-refractivity contribution in [2.24, 2.45) is 0 Å². The van der Waals surface area contributed by atoms with Crippen LogP contribution in [0.2, 0.25) is 5.02 Å². The minimum Gasteiger partial charge on any atom is -0.463 e. The average molecular weight is 333 g/mol. The van der Waals surface area contributed by atoms with Crippen LogP contribution in [0.15, 0.2) is 41.3 Å². The molecule has 0 radical (unpaired) electrons. The summed E-state index contributed by atoms with van der Waals surface area (Å²) in [6.07, 6.45) is 4.96. The van der Waals surface area contributed by atoms with Crippen LogP contribution in [-0.4, -0.2) is 41.2 Å². The Balaban J connectivity index is 1.76. The van der Waals surface area contributed by atoms with Crippen molar-refractivity contribution in [1.29, 1.82) is 0 Å². The summed E-state index contributed by atoms with van der Waals surface area (Å²) in [5.74, 6) is -0.222. The van der Waals surface area contributed by atoms with Crippen LogP contribution in [-0.2, 0) is 6.54 Å². The van der Waals surface area contributed by atoms with Crippen LogP contribution >= 0.6 is 11.6 Å². The van der Waals surface area contributed by atoms with Gasteiger partial charge < -0.3 is 14.6 Å². The number of hydrogen-bond donors (Lipinski definition) is 1. The molecule has 1 amide bonds. The lowest BCUT2D eigenvalue weighted by Gasteiger charge is -2.08. The Morgan fingerprint density at radius 1 is 1.39 bits per heavy atom. The highest BCUT2D eigenvalue weighted by Gasteiger charge is 2.14. The molecule has 6 nitrogen and oxygen atoms in total. The third-order valence-electron chi connectivity index (χ3n) is 3.48. The quantitative estimate of drug-likeness (QED) is 0.779.